The van der Waals surface area contributed by atoms with E-state index < -0.39 is 50.3 Å². The molecule has 11 nitrogen and oxygen atoms in total. The number of carbonyl (C=O) groups excluding carboxylic acids is 2. The molecule has 1 aromatic carbocycles. The molecule has 0 saturated heterocycles. The van der Waals surface area contributed by atoms with Crippen LogP contribution in [0.2, 0.25) is 0 Å². The molecule has 0 spiro atoms. The Morgan fingerprint density at radius 1 is 0.740 bits per heavy atom. The number of hydrogen-bond acceptors (Lipinski definition) is 9. The van der Waals surface area contributed by atoms with E-state index >= 15 is 0 Å². The quantitative estimate of drug-likeness (QED) is 0.133. The van der Waals surface area contributed by atoms with E-state index in [9.17, 15) is 23.8 Å². The van der Waals surface area contributed by atoms with E-state index in [4.69, 9.17) is 18.5 Å². The van der Waals surface area contributed by atoms with Crippen LogP contribution in [0.25, 0.3) is 0 Å². The minimum absolute atomic E-state index is 0.0486. The van der Waals surface area contributed by atoms with Gasteiger partial charge >= 0.3 is 12.2 Å². The van der Waals surface area contributed by atoms with Gasteiger partial charge in [0.25, 0.3) is 0 Å². The summed E-state index contributed by atoms with van der Waals surface area (Å²) in [6, 6.07) is 9.58. The van der Waals surface area contributed by atoms with Crippen LogP contribution in [0.5, 0.6) is 0 Å². The minimum atomic E-state index is -3.62. The second-order valence-electron chi connectivity index (χ2n) is 16.3. The average Bonchev–Trinajstić information content (AvgIpc) is 3.01. The average molecular weight is 743 g/mol. The minimum Gasteiger partial charge on any atom is -0.444 e. The molecule has 2 aliphatic rings. The third-order valence-electron chi connectivity index (χ3n) is 8.90. The zero-order valence-corrected chi connectivity index (χ0v) is 33.1. The van der Waals surface area contributed by atoms with Crippen molar-refractivity contribution < 1.29 is 42.3 Å². The van der Waals surface area contributed by atoms with Crippen molar-refractivity contribution in [1.82, 2.24) is 10.6 Å². The molecule has 2 amide bonds. The highest BCUT2D eigenvalue weighted by Crippen LogP contribution is 2.56. The summed E-state index contributed by atoms with van der Waals surface area (Å²) in [5.74, 6) is 0.378. The molecule has 0 heterocycles. The third-order valence-corrected chi connectivity index (χ3v) is 14.3. The first kappa shape index (κ1) is 42.5. The van der Waals surface area contributed by atoms with E-state index in [1.54, 1.807) is 41.5 Å². The van der Waals surface area contributed by atoms with E-state index in [2.05, 4.69) is 10.6 Å². The van der Waals surface area contributed by atoms with Gasteiger partial charge in [-0.2, -0.15) is 0 Å². The molecule has 50 heavy (non-hydrogen) atoms. The molecule has 2 unspecified atom stereocenters. The van der Waals surface area contributed by atoms with Crippen LogP contribution in [-0.2, 0) is 34.3 Å². The fourth-order valence-corrected chi connectivity index (χ4v) is 12.5. The number of aliphatic hydroxyl groups excluding tert-OH is 1. The van der Waals surface area contributed by atoms with Crippen LogP contribution in [0.4, 0.5) is 9.59 Å². The predicted molar refractivity (Wildman–Crippen MR) is 198 cm³/mol. The van der Waals surface area contributed by atoms with E-state index in [1.807, 2.05) is 30.3 Å². The first-order valence-electron chi connectivity index (χ1n) is 18.6. The van der Waals surface area contributed by atoms with Crippen LogP contribution in [0.15, 0.2) is 30.3 Å². The number of benzene rings is 1. The maximum atomic E-state index is 14.9. The lowest BCUT2D eigenvalue weighted by Gasteiger charge is -2.33. The smallest absolute Gasteiger partial charge is 0.407 e. The third kappa shape index (κ3) is 17.5. The summed E-state index contributed by atoms with van der Waals surface area (Å²) >= 11 is 0. The molecular weight excluding hydrogens is 678 g/mol. The molecule has 0 aromatic heterocycles. The van der Waals surface area contributed by atoms with Crippen molar-refractivity contribution in [2.24, 2.45) is 11.8 Å². The van der Waals surface area contributed by atoms with Crippen molar-refractivity contribution in [2.75, 3.05) is 37.7 Å². The fraction of sp³-hybridized carbons (Fsp3) is 0.784. The van der Waals surface area contributed by atoms with Crippen LogP contribution in [-0.4, -0.2) is 78.4 Å². The first-order chi connectivity index (χ1) is 23.4. The molecule has 4 atom stereocenters. The van der Waals surface area contributed by atoms with Crippen LogP contribution >= 0.6 is 14.7 Å². The van der Waals surface area contributed by atoms with Gasteiger partial charge in [0.15, 0.2) is 0 Å². The summed E-state index contributed by atoms with van der Waals surface area (Å²) in [4.78, 5) is 25.1. The molecule has 1 aromatic rings. The summed E-state index contributed by atoms with van der Waals surface area (Å²) in [6.07, 6.45) is 7.14. The van der Waals surface area contributed by atoms with Crippen LogP contribution in [0, 0.1) is 11.8 Å². The molecule has 13 heteroatoms. The van der Waals surface area contributed by atoms with Gasteiger partial charge in [0.2, 0.25) is 14.7 Å². The van der Waals surface area contributed by atoms with E-state index in [1.165, 1.54) is 0 Å². The van der Waals surface area contributed by atoms with Crippen molar-refractivity contribution in [3.05, 3.63) is 35.9 Å². The number of amides is 2. The van der Waals surface area contributed by atoms with E-state index in [-0.39, 0.29) is 50.0 Å². The lowest BCUT2D eigenvalue weighted by molar-refractivity contribution is 0.0495. The van der Waals surface area contributed by atoms with Crippen molar-refractivity contribution in [3.63, 3.8) is 0 Å². The zero-order chi connectivity index (χ0) is 36.8. The maximum Gasteiger partial charge on any atom is 0.407 e. The Morgan fingerprint density at radius 3 is 1.72 bits per heavy atom. The Morgan fingerprint density at radius 2 is 1.22 bits per heavy atom. The first-order valence-corrected chi connectivity index (χ1v) is 22.5. The highest BCUT2D eigenvalue weighted by molar-refractivity contribution is 7.60. The SMILES string of the molecule is CC(C)(C)OC(=O)NC[C@@H](O)CP(=O)(CC1CCCCC1)O[C@H](CNC(=O)OC(C)(C)C)CP(=O)(CC1CCCCC1)OCc1ccccc1. The molecule has 0 bridgehead atoms. The number of ether oxygens (including phenoxy) is 2. The number of carbonyl (C=O) groups is 2. The molecule has 0 radical (unpaired) electrons. The van der Waals surface area contributed by atoms with Gasteiger partial charge in [-0.05, 0) is 84.6 Å². The molecule has 2 fully saturated rings. The predicted octanol–water partition coefficient (Wildman–Crippen LogP) is 8.72. The van der Waals surface area contributed by atoms with Gasteiger partial charge < -0.3 is 34.3 Å². The van der Waals surface area contributed by atoms with Gasteiger partial charge in [0.05, 0.1) is 31.1 Å². The molecule has 2 saturated carbocycles. The standard InChI is InChI=1S/C37H64N2O9P2/c1-36(2,3)46-34(41)38-22-32(40)27-50(44,26-31-20-14-9-15-21-31)48-33(23-39-35(42)47-37(4,5)6)28-49(43,25-30-18-12-8-13-19-30)45-24-29-16-10-7-11-17-29/h7,10-11,16-17,30-33,40H,8-9,12-15,18-28H2,1-6H3,(H,38,41)(H,39,42)/t32-,33-,49?,50?/m1/s1. The van der Waals surface area contributed by atoms with Crippen LogP contribution in [0.3, 0.4) is 0 Å². The number of alkyl carbamates (subject to hydrolysis) is 2. The Labute approximate surface area is 300 Å². The van der Waals surface area contributed by atoms with Crippen molar-refractivity contribution >= 4 is 26.9 Å². The Bertz CT molecular complexity index is 1270. The van der Waals surface area contributed by atoms with Gasteiger partial charge in [-0.3, -0.25) is 9.13 Å². The van der Waals surface area contributed by atoms with Gasteiger partial charge in [0, 0.05) is 25.4 Å². The van der Waals surface area contributed by atoms with Crippen molar-refractivity contribution in [2.45, 2.75) is 136 Å². The highest BCUT2D eigenvalue weighted by Gasteiger charge is 2.39. The summed E-state index contributed by atoms with van der Waals surface area (Å²) in [7, 11) is -7.01. The monoisotopic (exact) mass is 742 g/mol. The lowest BCUT2D eigenvalue weighted by atomic mass is 9.91. The normalized spacial score (nSPS) is 20.1. The maximum absolute atomic E-state index is 14.9. The number of hydrogen-bond donors (Lipinski definition) is 3. The summed E-state index contributed by atoms with van der Waals surface area (Å²) in [6.45, 7) is 10.4. The van der Waals surface area contributed by atoms with Gasteiger partial charge in [-0.25, -0.2) is 9.59 Å². The molecule has 0 aliphatic heterocycles. The van der Waals surface area contributed by atoms with Crippen molar-refractivity contribution in [3.8, 4) is 0 Å². The molecule has 3 N–H and O–H groups in total. The van der Waals surface area contributed by atoms with Gasteiger partial charge in [-0.15, -0.1) is 0 Å². The number of aliphatic hydroxyl groups is 1. The second kappa shape index (κ2) is 19.8. The number of nitrogens with one attached hydrogen (secondary N) is 2. The molecular formula is C37H64N2O9P2. The number of rotatable bonds is 17. The molecule has 2 aliphatic carbocycles. The highest BCUT2D eigenvalue weighted by atomic mass is 31.2. The largest absolute Gasteiger partial charge is 0.444 e. The Balaban J connectivity index is 1.87. The molecule has 286 valence electrons. The molecule has 3 rings (SSSR count). The fourth-order valence-electron chi connectivity index (χ4n) is 6.76. The van der Waals surface area contributed by atoms with E-state index in [0.29, 0.717) is 6.16 Å². The van der Waals surface area contributed by atoms with Gasteiger partial charge in [-0.1, -0.05) is 68.9 Å². The second-order valence-corrected chi connectivity index (χ2v) is 21.5. The topological polar surface area (TPSA) is 149 Å². The van der Waals surface area contributed by atoms with Crippen LogP contribution in [0.1, 0.15) is 111 Å². The summed E-state index contributed by atoms with van der Waals surface area (Å²) < 4.78 is 53.4. The van der Waals surface area contributed by atoms with E-state index in [0.717, 1.165) is 69.8 Å². The Hall–Kier alpha value is -1.90. The summed E-state index contributed by atoms with van der Waals surface area (Å²) in [5, 5.41) is 16.4. The van der Waals surface area contributed by atoms with Crippen molar-refractivity contribution in [1.29, 1.82) is 0 Å². The van der Waals surface area contributed by atoms with Gasteiger partial charge in [0.1, 0.15) is 11.2 Å². The Kier molecular flexibility index (Phi) is 16.8. The lowest BCUT2D eigenvalue weighted by Crippen LogP contribution is -2.40. The van der Waals surface area contributed by atoms with Crippen LogP contribution < -0.4 is 10.6 Å². The summed E-state index contributed by atoms with van der Waals surface area (Å²) in [5.41, 5.74) is -0.558. The zero-order valence-electron chi connectivity index (χ0n) is 31.3.